The predicted octanol–water partition coefficient (Wildman–Crippen LogP) is 4.52. The van der Waals surface area contributed by atoms with E-state index in [-0.39, 0.29) is 16.7 Å². The Kier molecular flexibility index (Phi) is 6.84. The van der Waals surface area contributed by atoms with Gasteiger partial charge in [-0.2, -0.15) is 0 Å². The highest BCUT2D eigenvalue weighted by Crippen LogP contribution is 2.28. The molecular weight excluding hydrogens is 422 g/mol. The summed E-state index contributed by atoms with van der Waals surface area (Å²) in [7, 11) is 0. The second-order valence-corrected chi connectivity index (χ2v) is 9.55. The number of rotatable bonds is 6. The number of piperidine rings is 1. The van der Waals surface area contributed by atoms with E-state index in [0.717, 1.165) is 31.7 Å². The quantitative estimate of drug-likeness (QED) is 0.407. The number of ether oxygens (including phenoxy) is 1. The Labute approximate surface area is 192 Å². The van der Waals surface area contributed by atoms with Crippen molar-refractivity contribution in [2.45, 2.75) is 44.0 Å². The highest BCUT2D eigenvalue weighted by Gasteiger charge is 2.27. The lowest BCUT2D eigenvalue weighted by molar-refractivity contribution is -0.131. The first-order valence-corrected chi connectivity index (χ1v) is 12.1. The maximum absolute atomic E-state index is 13.4. The van der Waals surface area contributed by atoms with Crippen LogP contribution in [0, 0.1) is 5.92 Å². The minimum absolute atomic E-state index is 0.0996. The van der Waals surface area contributed by atoms with E-state index in [1.807, 2.05) is 61.2 Å². The van der Waals surface area contributed by atoms with Crippen LogP contribution in [0.15, 0.2) is 58.5 Å². The van der Waals surface area contributed by atoms with E-state index >= 15 is 0 Å². The first kappa shape index (κ1) is 22.4. The first-order chi connectivity index (χ1) is 15.5. The van der Waals surface area contributed by atoms with E-state index < -0.39 is 0 Å². The van der Waals surface area contributed by atoms with E-state index in [0.29, 0.717) is 34.3 Å². The summed E-state index contributed by atoms with van der Waals surface area (Å²) in [4.78, 5) is 33.2. The van der Waals surface area contributed by atoms with Gasteiger partial charge in [-0.3, -0.25) is 14.2 Å². The van der Waals surface area contributed by atoms with Gasteiger partial charge in [-0.25, -0.2) is 4.98 Å². The molecule has 7 heteroatoms. The number of benzene rings is 2. The molecule has 1 aromatic heterocycles. The van der Waals surface area contributed by atoms with E-state index in [9.17, 15) is 9.59 Å². The molecule has 0 aliphatic carbocycles. The largest absolute Gasteiger partial charge is 0.494 e. The molecule has 0 radical (unpaired) electrons. The number of hydrogen-bond acceptors (Lipinski definition) is 5. The molecule has 2 aromatic carbocycles. The first-order valence-electron chi connectivity index (χ1n) is 11.2. The topological polar surface area (TPSA) is 64.4 Å². The maximum atomic E-state index is 13.4. The van der Waals surface area contributed by atoms with Gasteiger partial charge >= 0.3 is 0 Å². The van der Waals surface area contributed by atoms with Crippen LogP contribution in [0.3, 0.4) is 0 Å². The number of thioether (sulfide) groups is 1. The molecule has 3 aromatic rings. The van der Waals surface area contributed by atoms with Gasteiger partial charge in [-0.05, 0) is 69.0 Å². The summed E-state index contributed by atoms with van der Waals surface area (Å²) in [5, 5.41) is 0.726. The summed E-state index contributed by atoms with van der Waals surface area (Å²) in [6, 6.07) is 14.7. The third-order valence-electron chi connectivity index (χ3n) is 5.88. The van der Waals surface area contributed by atoms with Crippen molar-refractivity contribution in [2.24, 2.45) is 5.92 Å². The number of carbonyl (C=O) groups is 1. The summed E-state index contributed by atoms with van der Waals surface area (Å²) in [6.07, 6.45) is 2.07. The number of likely N-dealkylation sites (tertiary alicyclic amines) is 1. The number of fused-ring (bicyclic) bond motifs is 1. The number of hydrogen-bond donors (Lipinski definition) is 0. The molecule has 0 spiro atoms. The molecule has 1 amide bonds. The minimum Gasteiger partial charge on any atom is -0.494 e. The van der Waals surface area contributed by atoms with Gasteiger partial charge < -0.3 is 9.64 Å². The molecule has 168 valence electrons. The fraction of sp³-hybridized carbons (Fsp3) is 0.400. The van der Waals surface area contributed by atoms with Crippen LogP contribution in [-0.2, 0) is 4.79 Å². The Morgan fingerprint density at radius 2 is 1.84 bits per heavy atom. The SMILES string of the molecule is CCOc1ccc(-n2c(SC(C)C(=O)N3CCC(C)CC3)nc3ccccc3c2=O)cc1. The van der Waals surface area contributed by atoms with Gasteiger partial charge in [0.15, 0.2) is 5.16 Å². The van der Waals surface area contributed by atoms with Crippen LogP contribution in [0.2, 0.25) is 0 Å². The van der Waals surface area contributed by atoms with Gasteiger partial charge in [-0.15, -0.1) is 0 Å². The zero-order valence-electron chi connectivity index (χ0n) is 18.8. The maximum Gasteiger partial charge on any atom is 0.266 e. The second kappa shape index (κ2) is 9.77. The molecule has 1 aliphatic heterocycles. The molecule has 1 unspecified atom stereocenters. The van der Waals surface area contributed by atoms with Gasteiger partial charge in [0.2, 0.25) is 5.91 Å². The smallest absolute Gasteiger partial charge is 0.266 e. The molecule has 0 saturated carbocycles. The molecule has 1 saturated heterocycles. The Bertz CT molecular complexity index is 1150. The van der Waals surface area contributed by atoms with E-state index in [1.54, 1.807) is 10.6 Å². The van der Waals surface area contributed by atoms with Crippen molar-refractivity contribution in [3.63, 3.8) is 0 Å². The molecule has 1 fully saturated rings. The standard InChI is InChI=1S/C25H29N3O3S/c1-4-31-20-11-9-19(10-12-20)28-24(30)21-7-5-6-8-22(21)26-25(28)32-18(3)23(29)27-15-13-17(2)14-16-27/h5-12,17-18H,4,13-16H2,1-3H3. The van der Waals surface area contributed by atoms with Crippen molar-refractivity contribution in [2.75, 3.05) is 19.7 Å². The molecular formula is C25H29N3O3S. The third-order valence-corrected chi connectivity index (χ3v) is 6.92. The zero-order valence-corrected chi connectivity index (χ0v) is 19.6. The Morgan fingerprint density at radius 3 is 2.53 bits per heavy atom. The molecule has 1 atom stereocenters. The van der Waals surface area contributed by atoms with E-state index in [2.05, 4.69) is 6.92 Å². The van der Waals surface area contributed by atoms with Crippen LogP contribution in [-0.4, -0.2) is 45.3 Å². The molecule has 6 nitrogen and oxygen atoms in total. The van der Waals surface area contributed by atoms with Crippen molar-refractivity contribution in [3.05, 3.63) is 58.9 Å². The van der Waals surface area contributed by atoms with Crippen LogP contribution in [0.4, 0.5) is 0 Å². The molecule has 1 aliphatic rings. The predicted molar refractivity (Wildman–Crippen MR) is 129 cm³/mol. The Morgan fingerprint density at radius 1 is 1.16 bits per heavy atom. The number of carbonyl (C=O) groups excluding carboxylic acids is 1. The van der Waals surface area contributed by atoms with Crippen LogP contribution < -0.4 is 10.3 Å². The van der Waals surface area contributed by atoms with Crippen LogP contribution in [0.5, 0.6) is 5.75 Å². The lowest BCUT2D eigenvalue weighted by atomic mass is 9.99. The van der Waals surface area contributed by atoms with E-state index in [1.165, 1.54) is 11.8 Å². The Hall–Kier alpha value is -2.80. The minimum atomic E-state index is -0.342. The number of aromatic nitrogens is 2. The van der Waals surface area contributed by atoms with Crippen molar-refractivity contribution >= 4 is 28.6 Å². The van der Waals surface area contributed by atoms with Gasteiger partial charge in [-0.1, -0.05) is 30.8 Å². The number of amides is 1. The van der Waals surface area contributed by atoms with Crippen LogP contribution >= 0.6 is 11.8 Å². The summed E-state index contributed by atoms with van der Waals surface area (Å²) < 4.78 is 7.14. The van der Waals surface area contributed by atoms with Crippen molar-refractivity contribution in [3.8, 4) is 11.4 Å². The zero-order chi connectivity index (χ0) is 22.7. The Balaban J connectivity index is 1.70. The highest BCUT2D eigenvalue weighted by molar-refractivity contribution is 8.00. The van der Waals surface area contributed by atoms with Crippen molar-refractivity contribution < 1.29 is 9.53 Å². The average Bonchev–Trinajstić information content (AvgIpc) is 2.80. The summed E-state index contributed by atoms with van der Waals surface area (Å²) in [6.45, 7) is 8.22. The molecule has 2 heterocycles. The monoisotopic (exact) mass is 451 g/mol. The van der Waals surface area contributed by atoms with Crippen molar-refractivity contribution in [1.82, 2.24) is 14.5 Å². The fourth-order valence-electron chi connectivity index (χ4n) is 3.97. The molecule has 0 N–H and O–H groups in total. The number of nitrogens with zero attached hydrogens (tertiary/aromatic N) is 3. The normalized spacial score (nSPS) is 15.7. The third kappa shape index (κ3) is 4.67. The summed E-state index contributed by atoms with van der Waals surface area (Å²) in [5.41, 5.74) is 1.19. The van der Waals surface area contributed by atoms with E-state index in [4.69, 9.17) is 9.72 Å². The van der Waals surface area contributed by atoms with Gasteiger partial charge in [0.25, 0.3) is 5.56 Å². The summed E-state index contributed by atoms with van der Waals surface area (Å²) in [5.74, 6) is 1.51. The van der Waals surface area contributed by atoms with Crippen LogP contribution in [0.25, 0.3) is 16.6 Å². The number of para-hydroxylation sites is 1. The molecule has 0 bridgehead atoms. The van der Waals surface area contributed by atoms with Gasteiger partial charge in [0.05, 0.1) is 28.4 Å². The van der Waals surface area contributed by atoms with Gasteiger partial charge in [0, 0.05) is 13.1 Å². The molecule has 4 rings (SSSR count). The summed E-state index contributed by atoms with van der Waals surface area (Å²) >= 11 is 1.34. The highest BCUT2D eigenvalue weighted by atomic mass is 32.2. The van der Waals surface area contributed by atoms with Crippen molar-refractivity contribution in [1.29, 1.82) is 0 Å². The second-order valence-electron chi connectivity index (χ2n) is 8.25. The van der Waals surface area contributed by atoms with Crippen LogP contribution in [0.1, 0.15) is 33.6 Å². The average molecular weight is 452 g/mol. The fourth-order valence-corrected chi connectivity index (χ4v) is 4.98. The lowest BCUT2D eigenvalue weighted by Gasteiger charge is -2.32. The lowest BCUT2D eigenvalue weighted by Crippen LogP contribution is -2.42. The van der Waals surface area contributed by atoms with Gasteiger partial charge in [0.1, 0.15) is 5.75 Å². The molecule has 32 heavy (non-hydrogen) atoms.